The quantitative estimate of drug-likeness (QED) is 0.816. The largest absolute Gasteiger partial charge is 0.369 e. The maximum absolute atomic E-state index is 12.4. The molecule has 2 heterocycles. The summed E-state index contributed by atoms with van der Waals surface area (Å²) < 4.78 is 1.93. The van der Waals surface area contributed by atoms with Crippen molar-refractivity contribution in [1.29, 1.82) is 0 Å². The number of hydrogen-bond donors (Lipinski definition) is 2. The van der Waals surface area contributed by atoms with Gasteiger partial charge in [0.15, 0.2) is 0 Å². The summed E-state index contributed by atoms with van der Waals surface area (Å²) >= 11 is 0. The lowest BCUT2D eigenvalue weighted by Crippen LogP contribution is -2.36. The van der Waals surface area contributed by atoms with Crippen LogP contribution in [0.4, 0.5) is 5.82 Å². The first-order chi connectivity index (χ1) is 10.2. The van der Waals surface area contributed by atoms with Crippen molar-refractivity contribution < 1.29 is 4.79 Å². The zero-order valence-electron chi connectivity index (χ0n) is 12.4. The maximum atomic E-state index is 12.4. The molecule has 0 bridgehead atoms. The highest BCUT2D eigenvalue weighted by atomic mass is 16.1. The standard InChI is InChI=1S/C15H21N5O/c1-3-6-17-14-13(5-4-7-18-14)15(21)19-12(2)10-20-9-8-16-11-20/h4-5,7-9,11-12H,3,6,10H2,1-2H3,(H,17,18)(H,19,21). The summed E-state index contributed by atoms with van der Waals surface area (Å²) in [7, 11) is 0. The predicted molar refractivity (Wildman–Crippen MR) is 82.2 cm³/mol. The van der Waals surface area contributed by atoms with Gasteiger partial charge in [0.1, 0.15) is 5.82 Å². The van der Waals surface area contributed by atoms with E-state index in [1.807, 2.05) is 17.7 Å². The molecule has 0 radical (unpaired) electrons. The van der Waals surface area contributed by atoms with Crippen molar-refractivity contribution in [1.82, 2.24) is 19.9 Å². The van der Waals surface area contributed by atoms with Crippen LogP contribution in [0.5, 0.6) is 0 Å². The topological polar surface area (TPSA) is 71.8 Å². The molecule has 0 saturated heterocycles. The molecule has 2 rings (SSSR count). The number of nitrogens with zero attached hydrogens (tertiary/aromatic N) is 3. The lowest BCUT2D eigenvalue weighted by Gasteiger charge is -2.16. The zero-order valence-corrected chi connectivity index (χ0v) is 12.4. The molecular weight excluding hydrogens is 266 g/mol. The Morgan fingerprint density at radius 3 is 3.00 bits per heavy atom. The highest BCUT2D eigenvalue weighted by Gasteiger charge is 2.14. The molecule has 0 aliphatic rings. The number of anilines is 1. The third-order valence-electron chi connectivity index (χ3n) is 3.02. The Balaban J connectivity index is 1.99. The van der Waals surface area contributed by atoms with Crippen molar-refractivity contribution in [3.05, 3.63) is 42.6 Å². The average Bonchev–Trinajstić information content (AvgIpc) is 2.98. The van der Waals surface area contributed by atoms with Gasteiger partial charge in [-0.15, -0.1) is 0 Å². The van der Waals surface area contributed by atoms with Crippen molar-refractivity contribution in [2.75, 3.05) is 11.9 Å². The molecule has 2 N–H and O–H groups in total. The van der Waals surface area contributed by atoms with Crippen molar-refractivity contribution in [3.8, 4) is 0 Å². The molecule has 1 unspecified atom stereocenters. The van der Waals surface area contributed by atoms with E-state index >= 15 is 0 Å². The van der Waals surface area contributed by atoms with Gasteiger partial charge in [0, 0.05) is 37.7 Å². The lowest BCUT2D eigenvalue weighted by atomic mass is 10.2. The van der Waals surface area contributed by atoms with E-state index in [0.29, 0.717) is 17.9 Å². The van der Waals surface area contributed by atoms with E-state index in [9.17, 15) is 4.79 Å². The molecule has 2 aromatic rings. The second-order valence-corrected chi connectivity index (χ2v) is 4.96. The number of imidazole rings is 1. The Kier molecular flexibility index (Phi) is 5.31. The Labute approximate surface area is 124 Å². The molecule has 0 spiro atoms. The van der Waals surface area contributed by atoms with E-state index in [1.165, 1.54) is 0 Å². The summed E-state index contributed by atoms with van der Waals surface area (Å²) in [5.74, 6) is 0.515. The van der Waals surface area contributed by atoms with Gasteiger partial charge in [-0.2, -0.15) is 0 Å². The molecule has 1 amide bonds. The minimum Gasteiger partial charge on any atom is -0.369 e. The Bertz CT molecular complexity index is 567. The van der Waals surface area contributed by atoms with E-state index in [-0.39, 0.29) is 11.9 Å². The Hall–Kier alpha value is -2.37. The number of rotatable bonds is 7. The summed E-state index contributed by atoms with van der Waals surface area (Å²) in [6.07, 6.45) is 8.00. The van der Waals surface area contributed by atoms with Crippen LogP contribution in [0, 0.1) is 0 Å². The first-order valence-electron chi connectivity index (χ1n) is 7.16. The number of hydrogen-bond acceptors (Lipinski definition) is 4. The SMILES string of the molecule is CCCNc1ncccc1C(=O)NC(C)Cn1ccnc1. The molecule has 0 aliphatic carbocycles. The smallest absolute Gasteiger partial charge is 0.255 e. The molecule has 6 heteroatoms. The summed E-state index contributed by atoms with van der Waals surface area (Å²) in [5, 5.41) is 6.16. The predicted octanol–water partition coefficient (Wildman–Crippen LogP) is 1.92. The molecule has 2 aromatic heterocycles. The van der Waals surface area contributed by atoms with Gasteiger partial charge in [0.2, 0.25) is 0 Å². The van der Waals surface area contributed by atoms with Crippen LogP contribution in [-0.4, -0.2) is 33.0 Å². The van der Waals surface area contributed by atoms with Crippen molar-refractivity contribution >= 4 is 11.7 Å². The maximum Gasteiger partial charge on any atom is 0.255 e. The number of amides is 1. The second kappa shape index (κ2) is 7.42. The van der Waals surface area contributed by atoms with Gasteiger partial charge in [0.05, 0.1) is 11.9 Å². The van der Waals surface area contributed by atoms with Gasteiger partial charge < -0.3 is 15.2 Å². The summed E-state index contributed by atoms with van der Waals surface area (Å²) in [6, 6.07) is 3.56. The number of pyridine rings is 1. The second-order valence-electron chi connectivity index (χ2n) is 4.96. The molecule has 6 nitrogen and oxygen atoms in total. The molecule has 112 valence electrons. The fraction of sp³-hybridized carbons (Fsp3) is 0.400. The van der Waals surface area contributed by atoms with Gasteiger partial charge >= 0.3 is 0 Å². The zero-order chi connectivity index (χ0) is 15.1. The molecule has 1 atom stereocenters. The number of carbonyl (C=O) groups excluding carboxylic acids is 1. The van der Waals surface area contributed by atoms with E-state index in [1.54, 1.807) is 30.9 Å². The van der Waals surface area contributed by atoms with Gasteiger partial charge in [-0.25, -0.2) is 9.97 Å². The first kappa shape index (κ1) is 15.0. The van der Waals surface area contributed by atoms with Crippen molar-refractivity contribution in [3.63, 3.8) is 0 Å². The molecule has 0 fully saturated rings. The minimum atomic E-state index is -0.116. The number of carbonyl (C=O) groups is 1. The summed E-state index contributed by atoms with van der Waals surface area (Å²) in [6.45, 7) is 5.52. The first-order valence-corrected chi connectivity index (χ1v) is 7.16. The van der Waals surface area contributed by atoms with Crippen molar-refractivity contribution in [2.45, 2.75) is 32.9 Å². The Morgan fingerprint density at radius 2 is 2.29 bits per heavy atom. The fourth-order valence-corrected chi connectivity index (χ4v) is 2.03. The number of aromatic nitrogens is 3. The average molecular weight is 287 g/mol. The van der Waals surface area contributed by atoms with Crippen LogP contribution in [0.15, 0.2) is 37.1 Å². The lowest BCUT2D eigenvalue weighted by molar-refractivity contribution is 0.0937. The van der Waals surface area contributed by atoms with Crippen LogP contribution in [0.25, 0.3) is 0 Å². The third kappa shape index (κ3) is 4.30. The van der Waals surface area contributed by atoms with Crippen LogP contribution in [-0.2, 0) is 6.54 Å². The third-order valence-corrected chi connectivity index (χ3v) is 3.02. The highest BCUT2D eigenvalue weighted by Crippen LogP contribution is 2.11. The number of nitrogens with one attached hydrogen (secondary N) is 2. The minimum absolute atomic E-state index is 0.00549. The van der Waals surface area contributed by atoms with Gasteiger partial charge in [-0.1, -0.05) is 6.92 Å². The van der Waals surface area contributed by atoms with Gasteiger partial charge in [-0.05, 0) is 25.5 Å². The molecule has 0 aromatic carbocycles. The van der Waals surface area contributed by atoms with Crippen LogP contribution < -0.4 is 10.6 Å². The normalized spacial score (nSPS) is 11.9. The highest BCUT2D eigenvalue weighted by molar-refractivity contribution is 5.98. The van der Waals surface area contributed by atoms with Crippen LogP contribution in [0.3, 0.4) is 0 Å². The Morgan fingerprint density at radius 1 is 1.43 bits per heavy atom. The van der Waals surface area contributed by atoms with Crippen LogP contribution in [0.2, 0.25) is 0 Å². The van der Waals surface area contributed by atoms with Crippen molar-refractivity contribution in [2.24, 2.45) is 0 Å². The van der Waals surface area contributed by atoms with E-state index < -0.39 is 0 Å². The van der Waals surface area contributed by atoms with Crippen LogP contribution >= 0.6 is 0 Å². The van der Waals surface area contributed by atoms with Gasteiger partial charge in [0.25, 0.3) is 5.91 Å². The van der Waals surface area contributed by atoms with E-state index in [4.69, 9.17) is 0 Å². The van der Waals surface area contributed by atoms with Crippen LogP contribution in [0.1, 0.15) is 30.6 Å². The molecule has 0 aliphatic heterocycles. The summed E-state index contributed by atoms with van der Waals surface area (Å²) in [4.78, 5) is 20.6. The van der Waals surface area contributed by atoms with Gasteiger partial charge in [-0.3, -0.25) is 4.79 Å². The molecule has 0 saturated carbocycles. The molecule has 21 heavy (non-hydrogen) atoms. The van der Waals surface area contributed by atoms with E-state index in [0.717, 1.165) is 13.0 Å². The molecular formula is C15H21N5O. The van der Waals surface area contributed by atoms with E-state index in [2.05, 4.69) is 27.5 Å². The fourth-order valence-electron chi connectivity index (χ4n) is 2.03. The summed E-state index contributed by atoms with van der Waals surface area (Å²) in [5.41, 5.74) is 0.573. The monoisotopic (exact) mass is 287 g/mol.